The highest BCUT2D eigenvalue weighted by molar-refractivity contribution is 5.94. The van der Waals surface area contributed by atoms with E-state index in [-0.39, 0.29) is 11.3 Å². The normalized spacial score (nSPS) is 14.4. The van der Waals surface area contributed by atoms with Gasteiger partial charge in [0.25, 0.3) is 5.91 Å². The molecule has 2 aromatic rings. The summed E-state index contributed by atoms with van der Waals surface area (Å²) in [5, 5.41) is 5.78. The second kappa shape index (κ2) is 9.41. The quantitative estimate of drug-likeness (QED) is 0.674. The van der Waals surface area contributed by atoms with Gasteiger partial charge in [0.15, 0.2) is 0 Å². The number of rotatable bonds is 7. The Morgan fingerprint density at radius 2 is 1.86 bits per heavy atom. The van der Waals surface area contributed by atoms with Crippen LogP contribution >= 0.6 is 0 Å². The molecule has 11 heteroatoms. The number of halogens is 3. The van der Waals surface area contributed by atoms with Crippen LogP contribution in [0.3, 0.4) is 0 Å². The van der Waals surface area contributed by atoms with Crippen LogP contribution in [-0.4, -0.2) is 61.6 Å². The number of benzene rings is 1. The molecule has 29 heavy (non-hydrogen) atoms. The minimum absolute atomic E-state index is 0.233. The van der Waals surface area contributed by atoms with Crippen molar-refractivity contribution >= 4 is 17.5 Å². The summed E-state index contributed by atoms with van der Waals surface area (Å²) in [6.45, 7) is 3.56. The Kier molecular flexibility index (Phi) is 6.70. The van der Waals surface area contributed by atoms with Crippen LogP contribution in [0, 0.1) is 0 Å². The number of nitrogens with zero attached hydrogens (tertiary/aromatic N) is 3. The lowest BCUT2D eigenvalue weighted by atomic mass is 10.2. The van der Waals surface area contributed by atoms with E-state index in [0.717, 1.165) is 31.0 Å². The Labute approximate surface area is 165 Å². The lowest BCUT2D eigenvalue weighted by Gasteiger charge is -2.27. The minimum Gasteiger partial charge on any atom is -0.406 e. The number of alkyl halides is 3. The number of carbonyl (C=O) groups excluding carboxylic acids is 1. The number of amides is 1. The monoisotopic (exact) mass is 411 g/mol. The van der Waals surface area contributed by atoms with E-state index >= 15 is 0 Å². The van der Waals surface area contributed by atoms with Crippen molar-refractivity contribution in [2.24, 2.45) is 0 Å². The summed E-state index contributed by atoms with van der Waals surface area (Å²) in [5.41, 5.74) is 0.233. The molecule has 2 heterocycles. The third kappa shape index (κ3) is 6.49. The van der Waals surface area contributed by atoms with Gasteiger partial charge in [-0.15, -0.1) is 13.2 Å². The summed E-state index contributed by atoms with van der Waals surface area (Å²) in [7, 11) is 0. The number of hydrogen-bond acceptors (Lipinski definition) is 7. The molecule has 8 nitrogen and oxygen atoms in total. The lowest BCUT2D eigenvalue weighted by Crippen LogP contribution is -2.36. The van der Waals surface area contributed by atoms with Gasteiger partial charge in [-0.1, -0.05) is 0 Å². The Hall–Kier alpha value is -3.08. The molecular formula is C18H20F3N5O3. The van der Waals surface area contributed by atoms with E-state index in [1.165, 1.54) is 18.5 Å². The zero-order chi connectivity index (χ0) is 20.7. The van der Waals surface area contributed by atoms with Crippen LogP contribution < -0.4 is 20.3 Å². The fourth-order valence-corrected chi connectivity index (χ4v) is 2.69. The number of anilines is 2. The van der Waals surface area contributed by atoms with Crippen molar-refractivity contribution in [3.63, 3.8) is 0 Å². The lowest BCUT2D eigenvalue weighted by molar-refractivity contribution is -0.274. The van der Waals surface area contributed by atoms with Gasteiger partial charge in [-0.05, 0) is 24.3 Å². The zero-order valence-corrected chi connectivity index (χ0v) is 15.4. The van der Waals surface area contributed by atoms with E-state index in [1.54, 1.807) is 0 Å². The molecule has 1 aliphatic rings. The second-order valence-corrected chi connectivity index (χ2v) is 6.12. The average Bonchev–Trinajstić information content (AvgIpc) is 2.71. The maximum absolute atomic E-state index is 12.2. The fraction of sp³-hybridized carbons (Fsp3) is 0.389. The molecule has 156 valence electrons. The number of ether oxygens (including phenoxy) is 2. The molecule has 0 saturated carbocycles. The van der Waals surface area contributed by atoms with E-state index in [1.807, 2.05) is 6.07 Å². The van der Waals surface area contributed by atoms with Crippen LogP contribution in [-0.2, 0) is 4.74 Å². The van der Waals surface area contributed by atoms with Crippen molar-refractivity contribution < 1.29 is 27.4 Å². The first-order chi connectivity index (χ1) is 13.9. The third-order valence-corrected chi connectivity index (χ3v) is 4.05. The van der Waals surface area contributed by atoms with Crippen LogP contribution in [0.15, 0.2) is 36.7 Å². The summed E-state index contributed by atoms with van der Waals surface area (Å²) in [6.07, 6.45) is -3.30. The minimum atomic E-state index is -4.77. The predicted molar refractivity (Wildman–Crippen MR) is 99.0 cm³/mol. The van der Waals surface area contributed by atoms with E-state index in [9.17, 15) is 18.0 Å². The largest absolute Gasteiger partial charge is 0.573 e. The van der Waals surface area contributed by atoms with E-state index < -0.39 is 12.3 Å². The van der Waals surface area contributed by atoms with Crippen LogP contribution in [0.2, 0.25) is 0 Å². The molecule has 1 amide bonds. The average molecular weight is 411 g/mol. The molecule has 0 atom stereocenters. The smallest absolute Gasteiger partial charge is 0.406 e. The molecule has 1 fully saturated rings. The Morgan fingerprint density at radius 1 is 1.14 bits per heavy atom. The van der Waals surface area contributed by atoms with Crippen molar-refractivity contribution in [1.29, 1.82) is 0 Å². The summed E-state index contributed by atoms with van der Waals surface area (Å²) in [4.78, 5) is 22.6. The van der Waals surface area contributed by atoms with E-state index in [2.05, 4.69) is 30.2 Å². The Balaban J connectivity index is 1.43. The van der Waals surface area contributed by atoms with Crippen molar-refractivity contribution in [3.05, 3.63) is 42.2 Å². The van der Waals surface area contributed by atoms with Crippen molar-refractivity contribution in [2.45, 2.75) is 6.36 Å². The van der Waals surface area contributed by atoms with Gasteiger partial charge in [0, 0.05) is 37.8 Å². The van der Waals surface area contributed by atoms with Gasteiger partial charge in [0.05, 0.1) is 13.2 Å². The zero-order valence-electron chi connectivity index (χ0n) is 15.4. The van der Waals surface area contributed by atoms with Crippen molar-refractivity contribution in [1.82, 2.24) is 15.3 Å². The van der Waals surface area contributed by atoms with E-state index in [0.29, 0.717) is 32.1 Å². The number of hydrogen-bond donors (Lipinski definition) is 2. The van der Waals surface area contributed by atoms with Crippen LogP contribution in [0.5, 0.6) is 5.75 Å². The summed E-state index contributed by atoms with van der Waals surface area (Å²) >= 11 is 0. The van der Waals surface area contributed by atoms with Crippen LogP contribution in [0.1, 0.15) is 10.4 Å². The highest BCUT2D eigenvalue weighted by Crippen LogP contribution is 2.22. The van der Waals surface area contributed by atoms with Crippen LogP contribution in [0.25, 0.3) is 0 Å². The molecule has 1 aliphatic heterocycles. The first-order valence-electron chi connectivity index (χ1n) is 8.93. The molecule has 3 rings (SSSR count). The van der Waals surface area contributed by atoms with Crippen LogP contribution in [0.4, 0.5) is 24.8 Å². The molecule has 1 aromatic carbocycles. The summed E-state index contributed by atoms with van der Waals surface area (Å²) in [6, 6.07) is 6.54. The number of aromatic nitrogens is 2. The van der Waals surface area contributed by atoms with Gasteiger partial charge >= 0.3 is 6.36 Å². The molecule has 0 radical (unpaired) electrons. The van der Waals surface area contributed by atoms with Crippen molar-refractivity contribution in [2.75, 3.05) is 49.6 Å². The molecule has 0 aliphatic carbocycles. The Bertz CT molecular complexity index is 811. The SMILES string of the molecule is O=C(NCCNc1cc(N2CCOCC2)ncn1)c1ccc(OC(F)(F)F)cc1. The molecule has 1 saturated heterocycles. The second-order valence-electron chi connectivity index (χ2n) is 6.12. The standard InChI is InChI=1S/C18H20F3N5O3/c19-18(20,21)29-14-3-1-13(2-4-14)17(27)23-6-5-22-15-11-16(25-12-24-15)26-7-9-28-10-8-26/h1-4,11-12H,5-10H2,(H,23,27)(H,22,24,25). The number of nitrogens with one attached hydrogen (secondary N) is 2. The molecule has 2 N–H and O–H groups in total. The first-order valence-corrected chi connectivity index (χ1v) is 8.93. The Morgan fingerprint density at radius 3 is 2.55 bits per heavy atom. The first kappa shape index (κ1) is 20.6. The third-order valence-electron chi connectivity index (χ3n) is 4.05. The molecule has 0 bridgehead atoms. The summed E-state index contributed by atoms with van der Waals surface area (Å²) < 4.78 is 45.5. The topological polar surface area (TPSA) is 88.6 Å². The van der Waals surface area contributed by atoms with Gasteiger partial charge in [-0.3, -0.25) is 4.79 Å². The maximum atomic E-state index is 12.2. The fourth-order valence-electron chi connectivity index (χ4n) is 2.69. The van der Waals surface area contributed by atoms with Gasteiger partial charge in [0.2, 0.25) is 0 Å². The van der Waals surface area contributed by atoms with Gasteiger partial charge in [-0.25, -0.2) is 9.97 Å². The highest BCUT2D eigenvalue weighted by Gasteiger charge is 2.31. The molecular weight excluding hydrogens is 391 g/mol. The molecule has 0 unspecified atom stereocenters. The maximum Gasteiger partial charge on any atom is 0.573 e. The summed E-state index contributed by atoms with van der Waals surface area (Å²) in [5.74, 6) is 0.651. The predicted octanol–water partition coefficient (Wildman–Crippen LogP) is 2.05. The molecule has 0 spiro atoms. The van der Waals surface area contributed by atoms with Crippen molar-refractivity contribution in [3.8, 4) is 5.75 Å². The number of morpholine rings is 1. The number of carbonyl (C=O) groups is 1. The van der Waals surface area contributed by atoms with Gasteiger partial charge in [0.1, 0.15) is 23.7 Å². The highest BCUT2D eigenvalue weighted by atomic mass is 19.4. The molecule has 1 aromatic heterocycles. The van der Waals surface area contributed by atoms with Gasteiger partial charge in [-0.2, -0.15) is 0 Å². The van der Waals surface area contributed by atoms with E-state index in [4.69, 9.17) is 4.74 Å². The van der Waals surface area contributed by atoms with Gasteiger partial charge < -0.3 is 25.0 Å².